The van der Waals surface area contributed by atoms with Crippen molar-refractivity contribution in [2.45, 2.75) is 6.61 Å². The fourth-order valence-electron chi connectivity index (χ4n) is 1.40. The number of aliphatic hydroxyl groups is 1. The molecule has 0 bridgehead atoms. The third-order valence-corrected chi connectivity index (χ3v) is 3.71. The van der Waals surface area contributed by atoms with Gasteiger partial charge in [-0.1, -0.05) is 23.7 Å². The number of fused-ring (bicyclic) bond motifs is 1. The van der Waals surface area contributed by atoms with Gasteiger partial charge in [-0.15, -0.1) is 11.3 Å². The largest absolute Gasteiger partial charge is 0.391 e. The van der Waals surface area contributed by atoms with Crippen LogP contribution in [0, 0.1) is 0 Å². The molecule has 0 unspecified atom stereocenters. The summed E-state index contributed by atoms with van der Waals surface area (Å²) >= 11 is 7.33. The molecule has 1 N–H and O–H groups in total. The molecule has 72 valence electrons. The zero-order valence-corrected chi connectivity index (χ0v) is 8.73. The van der Waals surface area contributed by atoms with E-state index in [1.54, 1.807) is 12.1 Å². The van der Waals surface area contributed by atoms with Gasteiger partial charge >= 0.3 is 0 Å². The second kappa shape index (κ2) is 3.69. The Labute approximate surface area is 89.7 Å². The SMILES string of the molecule is O=Cc1c(CO)sc2c(Cl)cccc12. The predicted molar refractivity (Wildman–Crippen MR) is 58.1 cm³/mol. The maximum Gasteiger partial charge on any atom is 0.151 e. The topological polar surface area (TPSA) is 37.3 Å². The fraction of sp³-hybridized carbons (Fsp3) is 0.100. The number of carbonyl (C=O) groups excluding carboxylic acids is 1. The van der Waals surface area contributed by atoms with Crippen molar-refractivity contribution in [3.63, 3.8) is 0 Å². The van der Waals surface area contributed by atoms with Gasteiger partial charge in [-0.25, -0.2) is 0 Å². The minimum absolute atomic E-state index is 0.121. The summed E-state index contributed by atoms with van der Waals surface area (Å²) in [7, 11) is 0. The Morgan fingerprint density at radius 2 is 2.29 bits per heavy atom. The minimum atomic E-state index is -0.121. The first-order valence-corrected chi connectivity index (χ1v) is 5.23. The highest BCUT2D eigenvalue weighted by Crippen LogP contribution is 2.34. The second-order valence-electron chi connectivity index (χ2n) is 2.83. The lowest BCUT2D eigenvalue weighted by atomic mass is 10.1. The number of benzene rings is 1. The average molecular weight is 227 g/mol. The highest BCUT2D eigenvalue weighted by atomic mass is 35.5. The van der Waals surface area contributed by atoms with Crippen LogP contribution in [0.4, 0.5) is 0 Å². The number of aliphatic hydroxyl groups excluding tert-OH is 1. The van der Waals surface area contributed by atoms with Crippen LogP contribution >= 0.6 is 22.9 Å². The summed E-state index contributed by atoms with van der Waals surface area (Å²) in [6.45, 7) is -0.121. The van der Waals surface area contributed by atoms with Gasteiger partial charge in [0.15, 0.2) is 6.29 Å². The number of hydrogen-bond donors (Lipinski definition) is 1. The van der Waals surface area contributed by atoms with Crippen molar-refractivity contribution in [1.29, 1.82) is 0 Å². The van der Waals surface area contributed by atoms with E-state index in [-0.39, 0.29) is 6.61 Å². The highest BCUT2D eigenvalue weighted by Gasteiger charge is 2.12. The lowest BCUT2D eigenvalue weighted by Crippen LogP contribution is -1.84. The van der Waals surface area contributed by atoms with Crippen molar-refractivity contribution in [2.24, 2.45) is 0 Å². The van der Waals surface area contributed by atoms with Crippen LogP contribution in [0.2, 0.25) is 5.02 Å². The molecule has 2 nitrogen and oxygen atoms in total. The van der Waals surface area contributed by atoms with Gasteiger partial charge in [0.25, 0.3) is 0 Å². The standard InChI is InChI=1S/C10H7ClO2S/c11-8-3-1-2-6-7(4-12)9(5-13)14-10(6)8/h1-4,13H,5H2. The van der Waals surface area contributed by atoms with Crippen LogP contribution in [0.1, 0.15) is 15.2 Å². The molecular weight excluding hydrogens is 220 g/mol. The number of hydrogen-bond acceptors (Lipinski definition) is 3. The Kier molecular flexibility index (Phi) is 2.54. The molecule has 0 fully saturated rings. The summed E-state index contributed by atoms with van der Waals surface area (Å²) in [4.78, 5) is 11.5. The molecule has 0 spiro atoms. The molecule has 0 radical (unpaired) electrons. The van der Waals surface area contributed by atoms with Crippen molar-refractivity contribution in [3.8, 4) is 0 Å². The first kappa shape index (κ1) is 9.65. The van der Waals surface area contributed by atoms with Gasteiger partial charge in [0, 0.05) is 15.8 Å². The zero-order valence-electron chi connectivity index (χ0n) is 7.16. The Bertz CT molecular complexity index is 490. The third-order valence-electron chi connectivity index (χ3n) is 2.04. The number of carbonyl (C=O) groups is 1. The summed E-state index contributed by atoms with van der Waals surface area (Å²) in [5.41, 5.74) is 0.551. The van der Waals surface area contributed by atoms with E-state index in [2.05, 4.69) is 0 Å². The molecule has 4 heteroatoms. The predicted octanol–water partition coefficient (Wildman–Crippen LogP) is 2.86. The number of aldehydes is 1. The smallest absolute Gasteiger partial charge is 0.151 e. The van der Waals surface area contributed by atoms with E-state index in [1.165, 1.54) is 11.3 Å². The molecule has 0 aliphatic carbocycles. The molecule has 2 rings (SSSR count). The molecule has 1 aromatic heterocycles. The Balaban J connectivity index is 2.86. The van der Waals surface area contributed by atoms with E-state index in [1.807, 2.05) is 6.07 Å². The maximum atomic E-state index is 10.8. The lowest BCUT2D eigenvalue weighted by molar-refractivity contribution is 0.112. The van der Waals surface area contributed by atoms with Crippen LogP contribution < -0.4 is 0 Å². The van der Waals surface area contributed by atoms with Crippen LogP contribution in [0.3, 0.4) is 0 Å². The van der Waals surface area contributed by atoms with E-state index in [0.29, 0.717) is 15.5 Å². The van der Waals surface area contributed by atoms with E-state index in [4.69, 9.17) is 16.7 Å². The van der Waals surface area contributed by atoms with Gasteiger partial charge in [0.2, 0.25) is 0 Å². The molecule has 0 atom stereocenters. The number of rotatable bonds is 2. The Morgan fingerprint density at radius 1 is 1.50 bits per heavy atom. The molecule has 1 aromatic carbocycles. The van der Waals surface area contributed by atoms with Gasteiger partial charge < -0.3 is 5.11 Å². The molecule has 0 saturated carbocycles. The molecule has 0 amide bonds. The third kappa shape index (κ3) is 1.34. The fourth-order valence-corrected chi connectivity index (χ4v) is 2.72. The van der Waals surface area contributed by atoms with Crippen LogP contribution in [0.25, 0.3) is 10.1 Å². The molecule has 1 heterocycles. The van der Waals surface area contributed by atoms with E-state index < -0.39 is 0 Å². The first-order valence-electron chi connectivity index (χ1n) is 4.04. The van der Waals surface area contributed by atoms with Crippen molar-refractivity contribution in [2.75, 3.05) is 0 Å². The summed E-state index contributed by atoms with van der Waals surface area (Å²) in [6, 6.07) is 5.41. The van der Waals surface area contributed by atoms with E-state index >= 15 is 0 Å². The van der Waals surface area contributed by atoms with Crippen LogP contribution in [-0.4, -0.2) is 11.4 Å². The van der Waals surface area contributed by atoms with Crippen LogP contribution in [0.5, 0.6) is 0 Å². The summed E-state index contributed by atoms with van der Waals surface area (Å²) < 4.78 is 0.861. The van der Waals surface area contributed by atoms with Crippen LogP contribution in [-0.2, 0) is 6.61 Å². The average Bonchev–Trinajstić information content (AvgIpc) is 2.57. The molecule has 14 heavy (non-hydrogen) atoms. The normalized spacial score (nSPS) is 10.7. The van der Waals surface area contributed by atoms with Crippen molar-refractivity contribution < 1.29 is 9.90 Å². The highest BCUT2D eigenvalue weighted by molar-refractivity contribution is 7.20. The van der Waals surface area contributed by atoms with Gasteiger partial charge in [-0.2, -0.15) is 0 Å². The molecule has 2 aromatic rings. The second-order valence-corrected chi connectivity index (χ2v) is 4.34. The molecule has 0 saturated heterocycles. The van der Waals surface area contributed by atoms with Crippen molar-refractivity contribution >= 4 is 39.3 Å². The summed E-state index contributed by atoms with van der Waals surface area (Å²) in [5.74, 6) is 0. The Hall–Kier alpha value is -0.900. The molecule has 0 aliphatic rings. The quantitative estimate of drug-likeness (QED) is 0.800. The van der Waals surface area contributed by atoms with Gasteiger partial charge in [-0.3, -0.25) is 4.79 Å². The number of thiophene rings is 1. The van der Waals surface area contributed by atoms with Crippen molar-refractivity contribution in [3.05, 3.63) is 33.7 Å². The van der Waals surface area contributed by atoms with Gasteiger partial charge in [-0.05, 0) is 6.07 Å². The maximum absolute atomic E-state index is 10.8. The van der Waals surface area contributed by atoms with Gasteiger partial charge in [0.05, 0.1) is 16.3 Å². The molecule has 0 aliphatic heterocycles. The van der Waals surface area contributed by atoms with E-state index in [0.717, 1.165) is 16.4 Å². The van der Waals surface area contributed by atoms with Crippen molar-refractivity contribution in [1.82, 2.24) is 0 Å². The minimum Gasteiger partial charge on any atom is -0.391 e. The molecular formula is C10H7ClO2S. The summed E-state index contributed by atoms with van der Waals surface area (Å²) in [5, 5.41) is 10.5. The lowest BCUT2D eigenvalue weighted by Gasteiger charge is -1.92. The Morgan fingerprint density at radius 3 is 2.93 bits per heavy atom. The first-order chi connectivity index (χ1) is 6.77. The van der Waals surface area contributed by atoms with E-state index in [9.17, 15) is 4.79 Å². The monoisotopic (exact) mass is 226 g/mol. The summed E-state index contributed by atoms with van der Waals surface area (Å²) in [6.07, 6.45) is 0.765. The van der Waals surface area contributed by atoms with Gasteiger partial charge in [0.1, 0.15) is 0 Å². The number of halogens is 1. The zero-order chi connectivity index (χ0) is 10.1. The van der Waals surface area contributed by atoms with Crippen LogP contribution in [0.15, 0.2) is 18.2 Å².